The van der Waals surface area contributed by atoms with E-state index in [1.54, 1.807) is 4.90 Å². The Morgan fingerprint density at radius 1 is 1.30 bits per heavy atom. The van der Waals surface area contributed by atoms with Gasteiger partial charge in [0.05, 0.1) is 0 Å². The Hall–Kier alpha value is -1.39. The number of benzene rings is 1. The highest BCUT2D eigenvalue weighted by molar-refractivity contribution is 5.95. The lowest BCUT2D eigenvalue weighted by atomic mass is 9.99. The molecule has 0 saturated carbocycles. The normalized spacial score (nSPS) is 26.9. The molecule has 4 heteroatoms. The van der Waals surface area contributed by atoms with Gasteiger partial charge < -0.3 is 10.6 Å². The maximum atomic E-state index is 11.7. The van der Waals surface area contributed by atoms with Crippen molar-refractivity contribution in [1.82, 2.24) is 4.90 Å². The second-order valence-corrected chi connectivity index (χ2v) is 6.25. The zero-order chi connectivity index (χ0) is 14.3. The number of likely N-dealkylation sites (tertiary alicyclic amines) is 1. The summed E-state index contributed by atoms with van der Waals surface area (Å²) < 4.78 is 0. The molecule has 20 heavy (non-hydrogen) atoms. The Morgan fingerprint density at radius 2 is 2.10 bits per heavy atom. The summed E-state index contributed by atoms with van der Waals surface area (Å²) in [4.78, 5) is 15.9. The lowest BCUT2D eigenvalue weighted by Gasteiger charge is -2.26. The highest BCUT2D eigenvalue weighted by Crippen LogP contribution is 2.28. The van der Waals surface area contributed by atoms with Crippen LogP contribution < -0.4 is 10.6 Å². The van der Waals surface area contributed by atoms with Crippen LogP contribution in [0.15, 0.2) is 18.2 Å². The van der Waals surface area contributed by atoms with Gasteiger partial charge >= 0.3 is 0 Å². The average molecular weight is 273 g/mol. The fourth-order valence-corrected chi connectivity index (χ4v) is 3.29. The Balaban J connectivity index is 1.75. The van der Waals surface area contributed by atoms with Crippen molar-refractivity contribution in [2.75, 3.05) is 25.0 Å². The predicted octanol–water partition coefficient (Wildman–Crippen LogP) is 1.37. The van der Waals surface area contributed by atoms with E-state index in [2.05, 4.69) is 30.0 Å². The first-order valence-electron chi connectivity index (χ1n) is 7.41. The highest BCUT2D eigenvalue weighted by Gasteiger charge is 2.27. The number of aryl methyl sites for hydroxylation is 1. The average Bonchev–Trinajstić information content (AvgIpc) is 2.73. The van der Waals surface area contributed by atoms with Crippen molar-refractivity contribution >= 4 is 11.6 Å². The van der Waals surface area contributed by atoms with E-state index in [0.29, 0.717) is 18.4 Å². The van der Waals surface area contributed by atoms with E-state index in [-0.39, 0.29) is 5.91 Å². The largest absolute Gasteiger partial charge is 0.326 e. The van der Waals surface area contributed by atoms with Gasteiger partial charge in [0, 0.05) is 44.8 Å². The number of anilines is 1. The van der Waals surface area contributed by atoms with Crippen molar-refractivity contribution < 1.29 is 4.79 Å². The molecule has 0 aromatic heterocycles. The summed E-state index contributed by atoms with van der Waals surface area (Å²) in [6, 6.07) is 6.78. The fourth-order valence-electron chi connectivity index (χ4n) is 3.29. The maximum Gasteiger partial charge on any atom is 0.227 e. The minimum absolute atomic E-state index is 0.213. The molecule has 1 fully saturated rings. The van der Waals surface area contributed by atoms with Crippen LogP contribution in [0.4, 0.5) is 5.69 Å². The lowest BCUT2D eigenvalue weighted by Crippen LogP contribution is -2.31. The zero-order valence-electron chi connectivity index (χ0n) is 12.3. The van der Waals surface area contributed by atoms with Crippen LogP contribution in [0, 0.1) is 5.92 Å². The van der Waals surface area contributed by atoms with Crippen molar-refractivity contribution in [2.24, 2.45) is 11.7 Å². The molecule has 1 aromatic rings. The van der Waals surface area contributed by atoms with E-state index in [9.17, 15) is 4.79 Å². The minimum atomic E-state index is 0.213. The van der Waals surface area contributed by atoms with Crippen LogP contribution in [0.25, 0.3) is 0 Å². The molecule has 3 rings (SSSR count). The Bertz CT molecular complexity index is 518. The standard InChI is InChI=1S/C16H23N3O/c1-11-8-19(10-14(11)17)9-12-3-5-15-13(7-12)4-6-16(20)18(15)2/h3,5,7,11,14H,4,6,8-10,17H2,1-2H3. The molecule has 2 aliphatic rings. The van der Waals surface area contributed by atoms with Crippen molar-refractivity contribution in [2.45, 2.75) is 32.4 Å². The van der Waals surface area contributed by atoms with Gasteiger partial charge in [-0.1, -0.05) is 19.1 Å². The maximum absolute atomic E-state index is 11.7. The molecule has 1 amide bonds. The van der Waals surface area contributed by atoms with E-state index in [4.69, 9.17) is 5.73 Å². The third-order valence-corrected chi connectivity index (χ3v) is 4.64. The quantitative estimate of drug-likeness (QED) is 0.885. The van der Waals surface area contributed by atoms with Gasteiger partial charge in [-0.15, -0.1) is 0 Å². The summed E-state index contributed by atoms with van der Waals surface area (Å²) in [6.07, 6.45) is 1.49. The van der Waals surface area contributed by atoms with Crippen LogP contribution in [0.3, 0.4) is 0 Å². The zero-order valence-corrected chi connectivity index (χ0v) is 12.3. The second kappa shape index (κ2) is 5.19. The molecule has 0 aliphatic carbocycles. The van der Waals surface area contributed by atoms with Gasteiger partial charge in [-0.25, -0.2) is 0 Å². The van der Waals surface area contributed by atoms with Crippen molar-refractivity contribution in [3.8, 4) is 0 Å². The van der Waals surface area contributed by atoms with Crippen molar-refractivity contribution in [1.29, 1.82) is 0 Å². The van der Waals surface area contributed by atoms with Gasteiger partial charge in [0.25, 0.3) is 0 Å². The number of rotatable bonds is 2. The number of carbonyl (C=O) groups excluding carboxylic acids is 1. The number of fused-ring (bicyclic) bond motifs is 1. The minimum Gasteiger partial charge on any atom is -0.326 e. The fraction of sp³-hybridized carbons (Fsp3) is 0.562. The van der Waals surface area contributed by atoms with Gasteiger partial charge in [0.1, 0.15) is 0 Å². The van der Waals surface area contributed by atoms with Gasteiger partial charge in [-0.2, -0.15) is 0 Å². The molecule has 4 nitrogen and oxygen atoms in total. The molecule has 1 saturated heterocycles. The number of amides is 1. The van der Waals surface area contributed by atoms with Crippen LogP contribution in [-0.4, -0.2) is 37.0 Å². The third-order valence-electron chi connectivity index (χ3n) is 4.64. The third kappa shape index (κ3) is 2.45. The monoisotopic (exact) mass is 273 g/mol. The summed E-state index contributed by atoms with van der Waals surface area (Å²) in [5.74, 6) is 0.793. The summed E-state index contributed by atoms with van der Waals surface area (Å²) in [5, 5.41) is 0. The molecular formula is C16H23N3O. The molecule has 2 atom stereocenters. The molecule has 0 radical (unpaired) electrons. The highest BCUT2D eigenvalue weighted by atomic mass is 16.2. The molecule has 0 spiro atoms. The Kier molecular flexibility index (Phi) is 3.52. The van der Waals surface area contributed by atoms with Gasteiger partial charge in [0.2, 0.25) is 5.91 Å². The number of nitrogens with zero attached hydrogens (tertiary/aromatic N) is 2. The van der Waals surface area contributed by atoms with Gasteiger partial charge in [-0.05, 0) is 29.5 Å². The first kappa shape index (κ1) is 13.6. The summed E-state index contributed by atoms with van der Waals surface area (Å²) in [7, 11) is 1.86. The number of hydrogen-bond donors (Lipinski definition) is 1. The first-order valence-corrected chi connectivity index (χ1v) is 7.41. The van der Waals surface area contributed by atoms with E-state index in [1.165, 1.54) is 11.1 Å². The molecule has 1 aromatic carbocycles. The summed E-state index contributed by atoms with van der Waals surface area (Å²) >= 11 is 0. The van der Waals surface area contributed by atoms with Crippen LogP contribution in [0.5, 0.6) is 0 Å². The van der Waals surface area contributed by atoms with E-state index in [0.717, 1.165) is 31.7 Å². The number of carbonyl (C=O) groups is 1. The van der Waals surface area contributed by atoms with Crippen LogP contribution in [0.2, 0.25) is 0 Å². The summed E-state index contributed by atoms with van der Waals surface area (Å²) in [6.45, 7) is 5.24. The van der Waals surface area contributed by atoms with Crippen LogP contribution >= 0.6 is 0 Å². The summed E-state index contributed by atoms with van der Waals surface area (Å²) in [5.41, 5.74) is 9.77. The molecule has 108 valence electrons. The number of hydrogen-bond acceptors (Lipinski definition) is 3. The van der Waals surface area contributed by atoms with Crippen LogP contribution in [0.1, 0.15) is 24.5 Å². The van der Waals surface area contributed by atoms with E-state index in [1.807, 2.05) is 7.05 Å². The molecule has 2 unspecified atom stereocenters. The second-order valence-electron chi connectivity index (χ2n) is 6.25. The molecule has 2 N–H and O–H groups in total. The number of nitrogens with two attached hydrogens (primary N) is 1. The predicted molar refractivity (Wildman–Crippen MR) is 80.6 cm³/mol. The van der Waals surface area contributed by atoms with E-state index < -0.39 is 0 Å². The van der Waals surface area contributed by atoms with E-state index >= 15 is 0 Å². The Labute approximate surface area is 120 Å². The van der Waals surface area contributed by atoms with Gasteiger partial charge in [0.15, 0.2) is 0 Å². The topological polar surface area (TPSA) is 49.6 Å². The lowest BCUT2D eigenvalue weighted by molar-refractivity contribution is -0.118. The van der Waals surface area contributed by atoms with Crippen molar-refractivity contribution in [3.63, 3.8) is 0 Å². The molecule has 2 heterocycles. The molecular weight excluding hydrogens is 250 g/mol. The first-order chi connectivity index (χ1) is 9.54. The SMILES string of the molecule is CC1CN(Cc2ccc3c(c2)CCC(=O)N3C)CC1N. The van der Waals surface area contributed by atoms with Gasteiger partial charge in [-0.3, -0.25) is 9.69 Å². The Morgan fingerprint density at radius 3 is 2.80 bits per heavy atom. The van der Waals surface area contributed by atoms with Crippen LogP contribution in [-0.2, 0) is 17.8 Å². The van der Waals surface area contributed by atoms with Crippen molar-refractivity contribution in [3.05, 3.63) is 29.3 Å². The smallest absolute Gasteiger partial charge is 0.227 e. The molecule has 2 aliphatic heterocycles. The molecule has 0 bridgehead atoms.